The number of para-hydroxylation sites is 1. The lowest BCUT2D eigenvalue weighted by Gasteiger charge is -2.01. The van der Waals surface area contributed by atoms with E-state index in [9.17, 15) is 9.59 Å². The molecule has 0 spiro atoms. The zero-order valence-corrected chi connectivity index (χ0v) is 10.2. The quantitative estimate of drug-likeness (QED) is 0.483. The summed E-state index contributed by atoms with van der Waals surface area (Å²) in [5.74, 6) is -0.267. The van der Waals surface area contributed by atoms with Gasteiger partial charge in [0.25, 0.3) is 0 Å². The molecular formula is C12H9BrO3. The number of alkyl halides is 1. The molecule has 82 valence electrons. The largest absolute Gasteiger partial charge is 0.422 e. The monoisotopic (exact) mass is 280 g/mol. The first-order valence-electron chi connectivity index (χ1n) is 4.76. The van der Waals surface area contributed by atoms with Crippen LogP contribution in [0.5, 0.6) is 0 Å². The van der Waals surface area contributed by atoms with Crippen LogP contribution in [0.25, 0.3) is 11.0 Å². The minimum atomic E-state index is -0.578. The fourth-order valence-corrected chi connectivity index (χ4v) is 1.86. The van der Waals surface area contributed by atoms with Gasteiger partial charge in [-0.1, -0.05) is 34.1 Å². The van der Waals surface area contributed by atoms with E-state index in [1.165, 1.54) is 0 Å². The zero-order valence-electron chi connectivity index (χ0n) is 8.62. The predicted molar refractivity (Wildman–Crippen MR) is 65.3 cm³/mol. The Morgan fingerprint density at radius 2 is 2.19 bits per heavy atom. The second kappa shape index (κ2) is 4.22. The summed E-state index contributed by atoms with van der Waals surface area (Å²) in [5.41, 5.74) is 0.937. The van der Waals surface area contributed by atoms with Crippen molar-refractivity contribution in [2.75, 3.05) is 5.33 Å². The molecule has 4 heteroatoms. The molecule has 3 nitrogen and oxygen atoms in total. The Morgan fingerprint density at radius 3 is 2.88 bits per heavy atom. The Bertz CT molecular complexity index is 613. The maximum Gasteiger partial charge on any atom is 0.347 e. The topological polar surface area (TPSA) is 47.3 Å². The van der Waals surface area contributed by atoms with Crippen molar-refractivity contribution in [2.45, 2.75) is 6.92 Å². The summed E-state index contributed by atoms with van der Waals surface area (Å²) in [6, 6.07) is 7.12. The molecule has 2 rings (SSSR count). The Morgan fingerprint density at radius 1 is 1.44 bits per heavy atom. The van der Waals surface area contributed by atoms with Crippen LogP contribution >= 0.6 is 15.9 Å². The molecule has 1 aromatic heterocycles. The summed E-state index contributed by atoms with van der Waals surface area (Å²) in [6.45, 7) is 1.86. The molecule has 2 aromatic rings. The molecule has 0 aliphatic heterocycles. The summed E-state index contributed by atoms with van der Waals surface area (Å²) in [6.07, 6.45) is 0. The van der Waals surface area contributed by atoms with Gasteiger partial charge >= 0.3 is 5.63 Å². The van der Waals surface area contributed by atoms with E-state index in [0.717, 1.165) is 10.9 Å². The molecule has 0 saturated carbocycles. The van der Waals surface area contributed by atoms with Gasteiger partial charge in [-0.2, -0.15) is 0 Å². The molecule has 0 aliphatic carbocycles. The van der Waals surface area contributed by atoms with Gasteiger partial charge in [-0.05, 0) is 18.6 Å². The number of benzene rings is 1. The maximum atomic E-state index is 11.6. The van der Waals surface area contributed by atoms with Crippen LogP contribution in [0, 0.1) is 6.92 Å². The van der Waals surface area contributed by atoms with Crippen LogP contribution in [0.1, 0.15) is 15.9 Å². The smallest absolute Gasteiger partial charge is 0.347 e. The number of carbonyl (C=O) groups is 1. The molecule has 0 amide bonds. The molecule has 0 aliphatic rings. The van der Waals surface area contributed by atoms with Gasteiger partial charge in [0.1, 0.15) is 11.1 Å². The van der Waals surface area contributed by atoms with E-state index < -0.39 is 5.63 Å². The van der Waals surface area contributed by atoms with Gasteiger partial charge in [-0.3, -0.25) is 4.79 Å². The van der Waals surface area contributed by atoms with Gasteiger partial charge < -0.3 is 4.42 Å². The number of Topliss-reactive ketones (excluding diaryl/α,β-unsaturated/α-hetero) is 1. The lowest BCUT2D eigenvalue weighted by molar-refractivity contribution is 0.102. The third-order valence-electron chi connectivity index (χ3n) is 2.38. The maximum absolute atomic E-state index is 11.6. The van der Waals surface area contributed by atoms with Gasteiger partial charge in [-0.25, -0.2) is 4.79 Å². The molecule has 0 bridgehead atoms. The fourth-order valence-electron chi connectivity index (χ4n) is 1.56. The van der Waals surface area contributed by atoms with Gasteiger partial charge in [-0.15, -0.1) is 0 Å². The first kappa shape index (κ1) is 11.1. The van der Waals surface area contributed by atoms with Crippen LogP contribution in [0.15, 0.2) is 33.5 Å². The second-order valence-electron chi connectivity index (χ2n) is 3.50. The van der Waals surface area contributed by atoms with E-state index in [-0.39, 0.29) is 16.7 Å². The molecule has 0 atom stereocenters. The second-order valence-corrected chi connectivity index (χ2v) is 4.06. The van der Waals surface area contributed by atoms with E-state index >= 15 is 0 Å². The average molecular weight is 281 g/mol. The van der Waals surface area contributed by atoms with Crippen molar-refractivity contribution in [2.24, 2.45) is 0 Å². The predicted octanol–water partition coefficient (Wildman–Crippen LogP) is 2.68. The van der Waals surface area contributed by atoms with Gasteiger partial charge in [0.05, 0.1) is 5.33 Å². The van der Waals surface area contributed by atoms with E-state index in [4.69, 9.17) is 4.42 Å². The standard InChI is InChI=1S/C12H9BrO3/c1-7-3-2-4-8-5-9(10(14)6-13)12(15)16-11(7)8/h2-5H,6H2,1H3. The zero-order chi connectivity index (χ0) is 11.7. The summed E-state index contributed by atoms with van der Waals surface area (Å²) < 4.78 is 5.15. The highest BCUT2D eigenvalue weighted by atomic mass is 79.9. The highest BCUT2D eigenvalue weighted by Gasteiger charge is 2.12. The van der Waals surface area contributed by atoms with Crippen molar-refractivity contribution in [1.82, 2.24) is 0 Å². The van der Waals surface area contributed by atoms with E-state index in [1.54, 1.807) is 6.07 Å². The van der Waals surface area contributed by atoms with Crippen molar-refractivity contribution < 1.29 is 9.21 Å². The van der Waals surface area contributed by atoms with Gasteiger partial charge in [0.2, 0.25) is 0 Å². The number of hydrogen-bond donors (Lipinski definition) is 0. The van der Waals surface area contributed by atoms with E-state index in [2.05, 4.69) is 15.9 Å². The van der Waals surface area contributed by atoms with Crippen LogP contribution in [-0.4, -0.2) is 11.1 Å². The normalized spacial score (nSPS) is 10.6. The first-order chi connectivity index (χ1) is 7.63. The van der Waals surface area contributed by atoms with E-state index in [1.807, 2.05) is 25.1 Å². The molecule has 0 unspecified atom stereocenters. The van der Waals surface area contributed by atoms with E-state index in [0.29, 0.717) is 5.58 Å². The fraction of sp³-hybridized carbons (Fsp3) is 0.167. The minimum Gasteiger partial charge on any atom is -0.422 e. The summed E-state index contributed by atoms with van der Waals surface area (Å²) in [4.78, 5) is 23.0. The van der Waals surface area contributed by atoms with Crippen LogP contribution in [0.4, 0.5) is 0 Å². The number of ketones is 1. The summed E-state index contributed by atoms with van der Waals surface area (Å²) in [7, 11) is 0. The number of hydrogen-bond acceptors (Lipinski definition) is 3. The highest BCUT2D eigenvalue weighted by Crippen LogP contribution is 2.17. The summed E-state index contributed by atoms with van der Waals surface area (Å²) in [5, 5.41) is 0.888. The Kier molecular flexibility index (Phi) is 2.92. The molecule has 0 N–H and O–H groups in total. The number of aryl methyl sites for hydroxylation is 1. The molecule has 16 heavy (non-hydrogen) atoms. The average Bonchev–Trinajstić information content (AvgIpc) is 2.29. The SMILES string of the molecule is Cc1cccc2cc(C(=O)CBr)c(=O)oc12. The third-order valence-corrected chi connectivity index (χ3v) is 2.89. The van der Waals surface area contributed by atoms with Crippen LogP contribution in [-0.2, 0) is 0 Å². The molecule has 1 aromatic carbocycles. The van der Waals surface area contributed by atoms with Crippen molar-refractivity contribution in [3.8, 4) is 0 Å². The number of rotatable bonds is 2. The molecule has 1 heterocycles. The number of halogens is 1. The summed E-state index contributed by atoms with van der Waals surface area (Å²) >= 11 is 3.03. The number of carbonyl (C=O) groups excluding carboxylic acids is 1. The Hall–Kier alpha value is -1.42. The highest BCUT2D eigenvalue weighted by molar-refractivity contribution is 9.09. The Labute approximate surface area is 100 Å². The molecule has 0 radical (unpaired) electrons. The molecular weight excluding hydrogens is 272 g/mol. The third kappa shape index (κ3) is 1.80. The van der Waals surface area contributed by atoms with Crippen LogP contribution in [0.2, 0.25) is 0 Å². The van der Waals surface area contributed by atoms with Crippen molar-refractivity contribution >= 4 is 32.7 Å². The molecule has 0 fully saturated rings. The minimum absolute atomic E-state index is 0.0926. The van der Waals surface area contributed by atoms with Crippen molar-refractivity contribution in [3.05, 3.63) is 45.8 Å². The Balaban J connectivity index is 2.78. The lowest BCUT2D eigenvalue weighted by Crippen LogP contribution is -2.14. The lowest BCUT2D eigenvalue weighted by atomic mass is 10.1. The van der Waals surface area contributed by atoms with Crippen LogP contribution < -0.4 is 5.63 Å². The van der Waals surface area contributed by atoms with Crippen molar-refractivity contribution in [3.63, 3.8) is 0 Å². The number of fused-ring (bicyclic) bond motifs is 1. The van der Waals surface area contributed by atoms with Crippen LogP contribution in [0.3, 0.4) is 0 Å². The van der Waals surface area contributed by atoms with Crippen molar-refractivity contribution in [1.29, 1.82) is 0 Å². The van der Waals surface area contributed by atoms with Gasteiger partial charge in [0.15, 0.2) is 5.78 Å². The van der Waals surface area contributed by atoms with Gasteiger partial charge in [0, 0.05) is 5.39 Å². The first-order valence-corrected chi connectivity index (χ1v) is 5.88. The molecule has 0 saturated heterocycles.